The molecule has 1 aromatic carbocycles. The van der Waals surface area contributed by atoms with Gasteiger partial charge >= 0.3 is 12.1 Å². The standard InChI is InChI=1S/C14H15F3O3/c1-2-20-13(19)8-4-7-12(18)10-5-3-6-11(9-10)14(15,16)17/h3,5-6,9H,2,4,7-8H2,1H3. The van der Waals surface area contributed by atoms with Gasteiger partial charge in [0.1, 0.15) is 0 Å². The van der Waals surface area contributed by atoms with E-state index in [1.807, 2.05) is 0 Å². The van der Waals surface area contributed by atoms with E-state index in [4.69, 9.17) is 4.74 Å². The van der Waals surface area contributed by atoms with Crippen LogP contribution in [0.1, 0.15) is 42.1 Å². The molecular formula is C14H15F3O3. The Morgan fingerprint density at radius 3 is 2.50 bits per heavy atom. The molecule has 20 heavy (non-hydrogen) atoms. The van der Waals surface area contributed by atoms with Crippen LogP contribution in [0.4, 0.5) is 13.2 Å². The molecule has 0 aliphatic heterocycles. The van der Waals surface area contributed by atoms with Gasteiger partial charge in [-0.1, -0.05) is 12.1 Å². The van der Waals surface area contributed by atoms with E-state index in [9.17, 15) is 22.8 Å². The summed E-state index contributed by atoms with van der Waals surface area (Å²) >= 11 is 0. The van der Waals surface area contributed by atoms with Crippen LogP contribution in [0.5, 0.6) is 0 Å². The zero-order valence-electron chi connectivity index (χ0n) is 11.0. The minimum absolute atomic E-state index is 0.00341. The molecule has 0 atom stereocenters. The molecule has 0 bridgehead atoms. The highest BCUT2D eigenvalue weighted by atomic mass is 19.4. The van der Waals surface area contributed by atoms with E-state index in [-0.39, 0.29) is 31.4 Å². The molecule has 0 aliphatic carbocycles. The third-order valence-electron chi connectivity index (χ3n) is 2.60. The van der Waals surface area contributed by atoms with Crippen molar-refractivity contribution in [3.63, 3.8) is 0 Å². The van der Waals surface area contributed by atoms with Crippen molar-refractivity contribution >= 4 is 11.8 Å². The first-order valence-electron chi connectivity index (χ1n) is 6.20. The summed E-state index contributed by atoms with van der Waals surface area (Å²) in [6.45, 7) is 1.94. The average molecular weight is 288 g/mol. The van der Waals surface area contributed by atoms with Crippen molar-refractivity contribution in [1.82, 2.24) is 0 Å². The van der Waals surface area contributed by atoms with Crippen molar-refractivity contribution < 1.29 is 27.5 Å². The summed E-state index contributed by atoms with van der Waals surface area (Å²) < 4.78 is 42.2. The number of ketones is 1. The second kappa shape index (κ2) is 7.07. The van der Waals surface area contributed by atoms with E-state index >= 15 is 0 Å². The van der Waals surface area contributed by atoms with Crippen LogP contribution in [0.3, 0.4) is 0 Å². The summed E-state index contributed by atoms with van der Waals surface area (Å²) in [6.07, 6.45) is -4.12. The fourth-order valence-corrected chi connectivity index (χ4v) is 1.64. The second-order valence-electron chi connectivity index (χ2n) is 4.16. The predicted octanol–water partition coefficient (Wildman–Crippen LogP) is 3.62. The van der Waals surface area contributed by atoms with Gasteiger partial charge in [-0.2, -0.15) is 13.2 Å². The third kappa shape index (κ3) is 5.03. The highest BCUT2D eigenvalue weighted by Crippen LogP contribution is 2.29. The van der Waals surface area contributed by atoms with Gasteiger partial charge in [0, 0.05) is 18.4 Å². The summed E-state index contributed by atoms with van der Waals surface area (Å²) in [5.41, 5.74) is -0.850. The molecule has 0 radical (unpaired) electrons. The minimum Gasteiger partial charge on any atom is -0.466 e. The molecular weight excluding hydrogens is 273 g/mol. The third-order valence-corrected chi connectivity index (χ3v) is 2.60. The summed E-state index contributed by atoms with van der Waals surface area (Å²) in [6, 6.07) is 4.27. The molecule has 0 aliphatic rings. The molecule has 0 heterocycles. The van der Waals surface area contributed by atoms with E-state index in [2.05, 4.69) is 0 Å². The van der Waals surface area contributed by atoms with Crippen LogP contribution < -0.4 is 0 Å². The molecule has 110 valence electrons. The van der Waals surface area contributed by atoms with E-state index in [1.165, 1.54) is 12.1 Å². The first-order valence-corrected chi connectivity index (χ1v) is 6.20. The number of halogens is 3. The van der Waals surface area contributed by atoms with Crippen molar-refractivity contribution in [2.24, 2.45) is 0 Å². The topological polar surface area (TPSA) is 43.4 Å². The lowest BCUT2D eigenvalue weighted by atomic mass is 10.0. The Balaban J connectivity index is 2.58. The maximum absolute atomic E-state index is 12.5. The highest BCUT2D eigenvalue weighted by Gasteiger charge is 2.30. The smallest absolute Gasteiger partial charge is 0.416 e. The number of carbonyl (C=O) groups is 2. The number of carbonyl (C=O) groups excluding carboxylic acids is 2. The van der Waals surface area contributed by atoms with Gasteiger partial charge in [0.2, 0.25) is 0 Å². The van der Waals surface area contributed by atoms with Crippen LogP contribution >= 0.6 is 0 Å². The van der Waals surface area contributed by atoms with Gasteiger partial charge in [0.05, 0.1) is 12.2 Å². The molecule has 0 unspecified atom stereocenters. The number of hydrogen-bond acceptors (Lipinski definition) is 3. The molecule has 0 saturated heterocycles. The van der Waals surface area contributed by atoms with Crippen molar-refractivity contribution in [3.8, 4) is 0 Å². The largest absolute Gasteiger partial charge is 0.466 e. The Morgan fingerprint density at radius 1 is 1.20 bits per heavy atom. The minimum atomic E-state index is -4.47. The maximum Gasteiger partial charge on any atom is 0.416 e. The van der Waals surface area contributed by atoms with Gasteiger partial charge in [0.25, 0.3) is 0 Å². The molecule has 6 heteroatoms. The lowest BCUT2D eigenvalue weighted by molar-refractivity contribution is -0.143. The Labute approximate surface area is 114 Å². The number of rotatable bonds is 6. The van der Waals surface area contributed by atoms with Gasteiger partial charge in [-0.25, -0.2) is 0 Å². The van der Waals surface area contributed by atoms with Crippen molar-refractivity contribution in [2.75, 3.05) is 6.61 Å². The van der Waals surface area contributed by atoms with Crippen molar-refractivity contribution in [2.45, 2.75) is 32.4 Å². The Kier molecular flexibility index (Phi) is 5.73. The number of benzene rings is 1. The Hall–Kier alpha value is -1.85. The quantitative estimate of drug-likeness (QED) is 0.593. The monoisotopic (exact) mass is 288 g/mol. The molecule has 1 rings (SSSR count). The average Bonchev–Trinajstić information content (AvgIpc) is 2.38. The van der Waals surface area contributed by atoms with Crippen molar-refractivity contribution in [3.05, 3.63) is 35.4 Å². The highest BCUT2D eigenvalue weighted by molar-refractivity contribution is 5.96. The van der Waals surface area contributed by atoms with E-state index in [0.717, 1.165) is 12.1 Å². The normalized spacial score (nSPS) is 11.2. The van der Waals surface area contributed by atoms with Crippen LogP contribution in [0.15, 0.2) is 24.3 Å². The summed E-state index contributed by atoms with van der Waals surface area (Å²) in [4.78, 5) is 22.8. The first-order chi connectivity index (χ1) is 9.34. The predicted molar refractivity (Wildman–Crippen MR) is 66.3 cm³/mol. The first kappa shape index (κ1) is 16.2. The number of alkyl halides is 3. The molecule has 0 aromatic heterocycles. The molecule has 0 spiro atoms. The van der Waals surface area contributed by atoms with Gasteiger partial charge in [-0.15, -0.1) is 0 Å². The van der Waals surface area contributed by atoms with Gasteiger partial charge in [-0.05, 0) is 25.5 Å². The number of hydrogen-bond donors (Lipinski definition) is 0. The zero-order chi connectivity index (χ0) is 15.2. The fraction of sp³-hybridized carbons (Fsp3) is 0.429. The number of esters is 1. The molecule has 3 nitrogen and oxygen atoms in total. The molecule has 0 fully saturated rings. The van der Waals surface area contributed by atoms with Crippen LogP contribution in [0, 0.1) is 0 Å². The van der Waals surface area contributed by atoms with Crippen LogP contribution in [-0.2, 0) is 15.7 Å². The fourth-order valence-electron chi connectivity index (χ4n) is 1.64. The molecule has 0 N–H and O–H groups in total. The Morgan fingerprint density at radius 2 is 1.90 bits per heavy atom. The summed E-state index contributed by atoms with van der Waals surface area (Å²) in [7, 11) is 0. The summed E-state index contributed by atoms with van der Waals surface area (Å²) in [5, 5.41) is 0. The lowest BCUT2D eigenvalue weighted by Gasteiger charge is -2.08. The number of Topliss-reactive ketones (excluding diaryl/α,β-unsaturated/α-hetero) is 1. The molecule has 1 aromatic rings. The van der Waals surface area contributed by atoms with E-state index in [1.54, 1.807) is 6.92 Å². The van der Waals surface area contributed by atoms with Gasteiger partial charge in [0.15, 0.2) is 5.78 Å². The number of ether oxygens (including phenoxy) is 1. The van der Waals surface area contributed by atoms with Crippen LogP contribution in [-0.4, -0.2) is 18.4 Å². The van der Waals surface area contributed by atoms with Gasteiger partial charge in [-0.3, -0.25) is 9.59 Å². The van der Waals surface area contributed by atoms with E-state index < -0.39 is 23.5 Å². The van der Waals surface area contributed by atoms with Crippen molar-refractivity contribution in [1.29, 1.82) is 0 Å². The Bertz CT molecular complexity index is 481. The zero-order valence-corrected chi connectivity index (χ0v) is 11.0. The van der Waals surface area contributed by atoms with Gasteiger partial charge < -0.3 is 4.74 Å². The molecule has 0 saturated carbocycles. The molecule has 0 amide bonds. The second-order valence-corrected chi connectivity index (χ2v) is 4.16. The van der Waals surface area contributed by atoms with Crippen LogP contribution in [0.25, 0.3) is 0 Å². The maximum atomic E-state index is 12.5. The summed E-state index contributed by atoms with van der Waals surface area (Å²) in [5.74, 6) is -0.829. The van der Waals surface area contributed by atoms with E-state index in [0.29, 0.717) is 0 Å². The lowest BCUT2D eigenvalue weighted by Crippen LogP contribution is -2.08. The SMILES string of the molecule is CCOC(=O)CCCC(=O)c1cccc(C(F)(F)F)c1. The van der Waals surface area contributed by atoms with Crippen LogP contribution in [0.2, 0.25) is 0 Å².